The maximum absolute atomic E-state index is 6.52. The van der Waals surface area contributed by atoms with E-state index in [0.29, 0.717) is 5.92 Å². The Balaban J connectivity index is 2.16. The summed E-state index contributed by atoms with van der Waals surface area (Å²) in [5, 5.41) is 0.229. The van der Waals surface area contributed by atoms with Gasteiger partial charge < -0.3 is 0 Å². The molecule has 2 heteroatoms. The predicted molar refractivity (Wildman–Crippen MR) is 64.3 cm³/mol. The summed E-state index contributed by atoms with van der Waals surface area (Å²) in [5.74, 6) is 1.53. The van der Waals surface area contributed by atoms with Gasteiger partial charge in [0.15, 0.2) is 0 Å². The van der Waals surface area contributed by atoms with Crippen LogP contribution in [0.4, 0.5) is 0 Å². The van der Waals surface area contributed by atoms with Gasteiger partial charge in [0.05, 0.1) is 5.38 Å². The molecule has 1 aliphatic carbocycles. The fourth-order valence-electron chi connectivity index (χ4n) is 2.07. The van der Waals surface area contributed by atoms with Crippen molar-refractivity contribution < 1.29 is 0 Å². The number of hydrogen-bond donors (Lipinski definition) is 0. The molecule has 14 heavy (non-hydrogen) atoms. The average Bonchev–Trinajstić information content (AvgIpc) is 2.90. The van der Waals surface area contributed by atoms with E-state index in [2.05, 4.69) is 26.8 Å². The van der Waals surface area contributed by atoms with Crippen molar-refractivity contribution in [3.63, 3.8) is 0 Å². The molecule has 1 fully saturated rings. The predicted octanol–water partition coefficient (Wildman–Crippen LogP) is 4.69. The van der Waals surface area contributed by atoms with Crippen LogP contribution in [0.1, 0.15) is 40.5 Å². The van der Waals surface area contributed by atoms with Crippen LogP contribution in [0, 0.1) is 25.7 Å². The number of alkyl halides is 1. The van der Waals surface area contributed by atoms with Gasteiger partial charge in [-0.05, 0) is 50.2 Å². The van der Waals surface area contributed by atoms with Gasteiger partial charge in [-0.15, -0.1) is 22.9 Å². The van der Waals surface area contributed by atoms with Crippen LogP contribution in [-0.2, 0) is 0 Å². The molecule has 2 atom stereocenters. The quantitative estimate of drug-likeness (QED) is 0.659. The van der Waals surface area contributed by atoms with Crippen LogP contribution in [0.3, 0.4) is 0 Å². The molecule has 0 spiro atoms. The lowest BCUT2D eigenvalue weighted by molar-refractivity contribution is 0.491. The molecule has 1 aliphatic rings. The highest BCUT2D eigenvalue weighted by Gasteiger charge is 2.33. The lowest BCUT2D eigenvalue weighted by atomic mass is 9.96. The Kier molecular flexibility index (Phi) is 2.90. The Morgan fingerprint density at radius 1 is 1.43 bits per heavy atom. The summed E-state index contributed by atoms with van der Waals surface area (Å²) in [6.07, 6.45) is 2.76. The van der Waals surface area contributed by atoms with Crippen molar-refractivity contribution in [2.75, 3.05) is 0 Å². The largest absolute Gasteiger partial charge is 0.146 e. The first-order valence-corrected chi connectivity index (χ1v) is 6.56. The maximum Gasteiger partial charge on any atom is 0.0624 e. The summed E-state index contributed by atoms with van der Waals surface area (Å²) in [6.45, 7) is 6.64. The molecule has 0 N–H and O–H groups in total. The van der Waals surface area contributed by atoms with Gasteiger partial charge in [-0.1, -0.05) is 6.92 Å². The molecule has 0 aromatic carbocycles. The molecule has 78 valence electrons. The lowest BCUT2D eigenvalue weighted by Gasteiger charge is -2.17. The Morgan fingerprint density at radius 3 is 2.50 bits per heavy atom. The topological polar surface area (TPSA) is 0 Å². The van der Waals surface area contributed by atoms with E-state index in [9.17, 15) is 0 Å². The van der Waals surface area contributed by atoms with Crippen molar-refractivity contribution in [2.45, 2.75) is 39.0 Å². The van der Waals surface area contributed by atoms with Gasteiger partial charge in [-0.25, -0.2) is 0 Å². The third-order valence-electron chi connectivity index (χ3n) is 3.20. The van der Waals surface area contributed by atoms with E-state index < -0.39 is 0 Å². The zero-order chi connectivity index (χ0) is 10.3. The van der Waals surface area contributed by atoms with Gasteiger partial charge in [-0.3, -0.25) is 0 Å². The Hall–Kier alpha value is -0.0100. The smallest absolute Gasteiger partial charge is 0.0624 e. The number of aryl methyl sites for hydroxylation is 2. The van der Waals surface area contributed by atoms with Gasteiger partial charge in [0.2, 0.25) is 0 Å². The summed E-state index contributed by atoms with van der Waals surface area (Å²) >= 11 is 8.38. The van der Waals surface area contributed by atoms with Crippen molar-refractivity contribution in [3.8, 4) is 0 Å². The Morgan fingerprint density at radius 2 is 2.07 bits per heavy atom. The number of rotatable bonds is 3. The second kappa shape index (κ2) is 3.86. The van der Waals surface area contributed by atoms with Crippen molar-refractivity contribution in [3.05, 3.63) is 21.4 Å². The van der Waals surface area contributed by atoms with Crippen LogP contribution in [0.25, 0.3) is 0 Å². The van der Waals surface area contributed by atoms with Crippen molar-refractivity contribution >= 4 is 22.9 Å². The van der Waals surface area contributed by atoms with Crippen LogP contribution in [0.2, 0.25) is 0 Å². The van der Waals surface area contributed by atoms with Crippen LogP contribution >= 0.6 is 22.9 Å². The zero-order valence-electron chi connectivity index (χ0n) is 9.01. The summed E-state index contributed by atoms with van der Waals surface area (Å²) in [7, 11) is 0. The molecule has 0 bridgehead atoms. The minimum Gasteiger partial charge on any atom is -0.146 e. The van der Waals surface area contributed by atoms with E-state index in [1.807, 2.05) is 11.3 Å². The summed E-state index contributed by atoms with van der Waals surface area (Å²) < 4.78 is 0. The SMILES string of the molecule is Cc1cc(C(Cl)C(C)C2CC2)c(C)s1. The van der Waals surface area contributed by atoms with Crippen LogP contribution in [0.15, 0.2) is 6.07 Å². The first kappa shape index (κ1) is 10.5. The van der Waals surface area contributed by atoms with Gasteiger partial charge in [-0.2, -0.15) is 0 Å². The van der Waals surface area contributed by atoms with E-state index in [-0.39, 0.29) is 5.38 Å². The molecule has 2 unspecified atom stereocenters. The highest BCUT2D eigenvalue weighted by Crippen LogP contribution is 2.46. The van der Waals surface area contributed by atoms with E-state index in [4.69, 9.17) is 11.6 Å². The summed E-state index contributed by atoms with van der Waals surface area (Å²) in [6, 6.07) is 2.26. The van der Waals surface area contributed by atoms with Gasteiger partial charge in [0.25, 0.3) is 0 Å². The molecule has 0 radical (unpaired) electrons. The molecular formula is C12H17ClS. The number of hydrogen-bond acceptors (Lipinski definition) is 1. The second-order valence-electron chi connectivity index (χ2n) is 4.47. The lowest BCUT2D eigenvalue weighted by Crippen LogP contribution is -2.06. The summed E-state index contributed by atoms with van der Waals surface area (Å²) in [5.41, 5.74) is 1.37. The Bertz CT molecular complexity index is 325. The molecule has 1 aromatic rings. The van der Waals surface area contributed by atoms with E-state index in [0.717, 1.165) is 5.92 Å². The fourth-order valence-corrected chi connectivity index (χ4v) is 3.54. The van der Waals surface area contributed by atoms with Gasteiger partial charge in [0, 0.05) is 9.75 Å². The average molecular weight is 229 g/mol. The van der Waals surface area contributed by atoms with Gasteiger partial charge >= 0.3 is 0 Å². The molecule has 1 heterocycles. The highest BCUT2D eigenvalue weighted by molar-refractivity contribution is 7.12. The standard InChI is InChI=1S/C12H17ClS/c1-7-6-11(9(3)14-7)12(13)8(2)10-4-5-10/h6,8,10,12H,4-5H2,1-3H3. The normalized spacial score (nSPS) is 20.9. The molecule has 1 saturated carbocycles. The third kappa shape index (κ3) is 1.99. The molecule has 2 rings (SSSR count). The third-order valence-corrected chi connectivity index (χ3v) is 4.82. The van der Waals surface area contributed by atoms with Crippen molar-refractivity contribution in [1.82, 2.24) is 0 Å². The summed E-state index contributed by atoms with van der Waals surface area (Å²) in [4.78, 5) is 2.78. The fraction of sp³-hybridized carbons (Fsp3) is 0.667. The Labute approximate surface area is 95.3 Å². The minimum absolute atomic E-state index is 0.229. The molecule has 0 saturated heterocycles. The van der Waals surface area contributed by atoms with E-state index in [1.54, 1.807) is 0 Å². The highest BCUT2D eigenvalue weighted by atomic mass is 35.5. The van der Waals surface area contributed by atoms with Crippen molar-refractivity contribution in [2.24, 2.45) is 11.8 Å². The van der Waals surface area contributed by atoms with Crippen LogP contribution in [-0.4, -0.2) is 0 Å². The zero-order valence-corrected chi connectivity index (χ0v) is 10.6. The first-order valence-electron chi connectivity index (χ1n) is 5.30. The molecule has 0 amide bonds. The first-order chi connectivity index (χ1) is 6.59. The van der Waals surface area contributed by atoms with Crippen molar-refractivity contribution in [1.29, 1.82) is 0 Å². The van der Waals surface area contributed by atoms with Crippen LogP contribution < -0.4 is 0 Å². The maximum atomic E-state index is 6.52. The van der Waals surface area contributed by atoms with E-state index >= 15 is 0 Å². The minimum atomic E-state index is 0.229. The monoisotopic (exact) mass is 228 g/mol. The number of halogens is 1. The van der Waals surface area contributed by atoms with E-state index in [1.165, 1.54) is 28.2 Å². The van der Waals surface area contributed by atoms with Crippen LogP contribution in [0.5, 0.6) is 0 Å². The molecule has 0 aliphatic heterocycles. The van der Waals surface area contributed by atoms with Gasteiger partial charge in [0.1, 0.15) is 0 Å². The molecule has 1 aromatic heterocycles. The molecule has 0 nitrogen and oxygen atoms in total. The second-order valence-corrected chi connectivity index (χ2v) is 6.40. The molecular weight excluding hydrogens is 212 g/mol. The number of thiophene rings is 1.